The van der Waals surface area contributed by atoms with E-state index in [1.807, 2.05) is 6.92 Å². The summed E-state index contributed by atoms with van der Waals surface area (Å²) in [6, 6.07) is 11.3. The molecule has 1 saturated heterocycles. The van der Waals surface area contributed by atoms with E-state index in [0.717, 1.165) is 31.0 Å². The maximum absolute atomic E-state index is 5.46. The quantitative estimate of drug-likeness (QED) is 0.794. The van der Waals surface area contributed by atoms with Gasteiger partial charge in [0.15, 0.2) is 5.76 Å². The van der Waals surface area contributed by atoms with Crippen LogP contribution < -0.4 is 0 Å². The Morgan fingerprint density at radius 2 is 2.15 bits per heavy atom. The molecular weight excluding hydrogens is 268 g/mol. The lowest BCUT2D eigenvalue weighted by Gasteiger charge is -2.22. The van der Waals surface area contributed by atoms with Gasteiger partial charge in [-0.25, -0.2) is 0 Å². The smallest absolute Gasteiger partial charge is 0.154 e. The summed E-state index contributed by atoms with van der Waals surface area (Å²) in [6.07, 6.45) is 4.50. The molecule has 0 radical (unpaired) electrons. The van der Waals surface area contributed by atoms with Crippen LogP contribution in [0.3, 0.4) is 0 Å². The maximum atomic E-state index is 5.46. The first-order valence-electron chi connectivity index (χ1n) is 7.06. The van der Waals surface area contributed by atoms with Crippen molar-refractivity contribution in [3.63, 3.8) is 0 Å². The molecule has 20 heavy (non-hydrogen) atoms. The third kappa shape index (κ3) is 2.91. The largest absolute Gasteiger partial charge is 0.359 e. The van der Waals surface area contributed by atoms with Gasteiger partial charge in [0.1, 0.15) is 0 Å². The van der Waals surface area contributed by atoms with Crippen molar-refractivity contribution < 1.29 is 4.52 Å². The lowest BCUT2D eigenvalue weighted by atomic mass is 10.1. The van der Waals surface area contributed by atoms with Gasteiger partial charge in [0.25, 0.3) is 0 Å². The molecule has 2 heterocycles. The van der Waals surface area contributed by atoms with Crippen LogP contribution in [0.4, 0.5) is 0 Å². The van der Waals surface area contributed by atoms with E-state index in [-0.39, 0.29) is 0 Å². The van der Waals surface area contributed by atoms with E-state index < -0.39 is 0 Å². The van der Waals surface area contributed by atoms with E-state index >= 15 is 0 Å². The van der Waals surface area contributed by atoms with Gasteiger partial charge in [-0.1, -0.05) is 17.3 Å². The van der Waals surface area contributed by atoms with Crippen molar-refractivity contribution in [3.05, 3.63) is 47.3 Å². The molecule has 0 saturated carbocycles. The molecule has 1 aliphatic rings. The zero-order chi connectivity index (χ0) is 13.9. The van der Waals surface area contributed by atoms with Crippen LogP contribution in [0.2, 0.25) is 0 Å². The van der Waals surface area contributed by atoms with E-state index in [2.05, 4.69) is 46.6 Å². The van der Waals surface area contributed by atoms with Crippen molar-refractivity contribution in [1.29, 1.82) is 0 Å². The predicted molar refractivity (Wildman–Crippen MR) is 81.8 cm³/mol. The Balaban J connectivity index is 1.72. The highest BCUT2D eigenvalue weighted by Gasteiger charge is 2.28. The summed E-state index contributed by atoms with van der Waals surface area (Å²) in [4.78, 5) is 3.81. The summed E-state index contributed by atoms with van der Waals surface area (Å²) in [5.41, 5.74) is 2.34. The molecule has 1 aromatic carbocycles. The molecule has 0 spiro atoms. The average Bonchev–Trinajstić information content (AvgIpc) is 3.08. The highest BCUT2D eigenvalue weighted by Crippen LogP contribution is 2.33. The first-order chi connectivity index (χ1) is 9.76. The van der Waals surface area contributed by atoms with Gasteiger partial charge in [0, 0.05) is 17.5 Å². The zero-order valence-corrected chi connectivity index (χ0v) is 12.8. The molecule has 0 unspecified atom stereocenters. The van der Waals surface area contributed by atoms with Crippen molar-refractivity contribution in [2.45, 2.75) is 37.2 Å². The van der Waals surface area contributed by atoms with Crippen LogP contribution in [0.1, 0.15) is 35.9 Å². The second-order valence-corrected chi connectivity index (χ2v) is 6.23. The summed E-state index contributed by atoms with van der Waals surface area (Å²) in [5, 5.41) is 4.02. The number of thioether (sulfide) groups is 1. The van der Waals surface area contributed by atoms with Gasteiger partial charge in [0.05, 0.1) is 11.7 Å². The summed E-state index contributed by atoms with van der Waals surface area (Å²) in [6.45, 7) is 4.10. The monoisotopic (exact) mass is 288 g/mol. The molecule has 0 bridgehead atoms. The van der Waals surface area contributed by atoms with E-state index in [1.54, 1.807) is 11.8 Å². The molecule has 0 N–H and O–H groups in total. The van der Waals surface area contributed by atoms with E-state index in [4.69, 9.17) is 4.52 Å². The standard InChI is InChI=1S/C16H20N2OS/c1-12-10-16(19-17-12)15-4-3-9-18(15)11-13-5-7-14(20-2)8-6-13/h5-8,10,15H,3-4,9,11H2,1-2H3/t15-/m1/s1. The van der Waals surface area contributed by atoms with Crippen molar-refractivity contribution in [1.82, 2.24) is 10.1 Å². The summed E-state index contributed by atoms with van der Waals surface area (Å²) in [5.74, 6) is 1.01. The van der Waals surface area contributed by atoms with E-state index in [0.29, 0.717) is 6.04 Å². The van der Waals surface area contributed by atoms with Gasteiger partial charge in [-0.2, -0.15) is 0 Å². The van der Waals surface area contributed by atoms with Gasteiger partial charge in [-0.15, -0.1) is 11.8 Å². The Bertz CT molecular complexity index is 564. The van der Waals surface area contributed by atoms with Crippen molar-refractivity contribution >= 4 is 11.8 Å². The number of hydrogen-bond acceptors (Lipinski definition) is 4. The molecule has 3 rings (SSSR count). The molecule has 3 nitrogen and oxygen atoms in total. The fourth-order valence-corrected chi connectivity index (χ4v) is 3.25. The molecule has 0 amide bonds. The van der Waals surface area contributed by atoms with Crippen molar-refractivity contribution in [2.24, 2.45) is 0 Å². The molecule has 1 atom stereocenters. The summed E-state index contributed by atoms with van der Waals surface area (Å²) >= 11 is 1.78. The number of nitrogens with zero attached hydrogens (tertiary/aromatic N) is 2. The van der Waals surface area contributed by atoms with Gasteiger partial charge in [0.2, 0.25) is 0 Å². The van der Waals surface area contributed by atoms with Crippen LogP contribution in [-0.4, -0.2) is 22.9 Å². The number of likely N-dealkylation sites (tertiary alicyclic amines) is 1. The van der Waals surface area contributed by atoms with Gasteiger partial charge < -0.3 is 4.52 Å². The molecular formula is C16H20N2OS. The Morgan fingerprint density at radius 1 is 1.35 bits per heavy atom. The highest BCUT2D eigenvalue weighted by molar-refractivity contribution is 7.98. The number of benzene rings is 1. The number of aromatic nitrogens is 1. The first kappa shape index (κ1) is 13.7. The predicted octanol–water partition coefficient (Wildman–Crippen LogP) is 4.04. The minimum atomic E-state index is 0.386. The van der Waals surface area contributed by atoms with Crippen LogP contribution in [0, 0.1) is 6.92 Å². The first-order valence-corrected chi connectivity index (χ1v) is 8.29. The molecule has 0 aliphatic carbocycles. The Morgan fingerprint density at radius 3 is 2.80 bits per heavy atom. The lowest BCUT2D eigenvalue weighted by Crippen LogP contribution is -2.22. The highest BCUT2D eigenvalue weighted by atomic mass is 32.2. The summed E-state index contributed by atoms with van der Waals surface area (Å²) in [7, 11) is 0. The summed E-state index contributed by atoms with van der Waals surface area (Å²) < 4.78 is 5.46. The van der Waals surface area contributed by atoms with Crippen LogP contribution in [0.5, 0.6) is 0 Å². The van der Waals surface area contributed by atoms with Gasteiger partial charge >= 0.3 is 0 Å². The van der Waals surface area contributed by atoms with Crippen LogP contribution in [0.15, 0.2) is 39.8 Å². The van der Waals surface area contributed by atoms with Crippen molar-refractivity contribution in [2.75, 3.05) is 12.8 Å². The normalized spacial score (nSPS) is 19.6. The minimum Gasteiger partial charge on any atom is -0.359 e. The fourth-order valence-electron chi connectivity index (χ4n) is 2.84. The second-order valence-electron chi connectivity index (χ2n) is 5.35. The minimum absolute atomic E-state index is 0.386. The fraction of sp³-hybridized carbons (Fsp3) is 0.438. The Labute approximate surface area is 124 Å². The molecule has 106 valence electrons. The Kier molecular flexibility index (Phi) is 4.13. The molecule has 1 aromatic heterocycles. The van der Waals surface area contributed by atoms with Gasteiger partial charge in [-0.3, -0.25) is 4.90 Å². The SMILES string of the molecule is CSc1ccc(CN2CCC[C@@H]2c2cc(C)no2)cc1. The zero-order valence-electron chi connectivity index (χ0n) is 12.0. The van der Waals surface area contributed by atoms with Crippen LogP contribution in [0.25, 0.3) is 0 Å². The topological polar surface area (TPSA) is 29.3 Å². The van der Waals surface area contributed by atoms with Crippen LogP contribution >= 0.6 is 11.8 Å². The third-order valence-electron chi connectivity index (χ3n) is 3.88. The van der Waals surface area contributed by atoms with Gasteiger partial charge in [-0.05, 0) is 50.3 Å². The molecule has 1 aliphatic heterocycles. The third-order valence-corrected chi connectivity index (χ3v) is 4.63. The molecule has 1 fully saturated rings. The lowest BCUT2D eigenvalue weighted by molar-refractivity contribution is 0.206. The van der Waals surface area contributed by atoms with E-state index in [1.165, 1.54) is 16.9 Å². The van der Waals surface area contributed by atoms with E-state index in [9.17, 15) is 0 Å². The Hall–Kier alpha value is -1.26. The number of hydrogen-bond donors (Lipinski definition) is 0. The number of rotatable bonds is 4. The second kappa shape index (κ2) is 6.02. The molecule has 4 heteroatoms. The molecule has 2 aromatic rings. The van der Waals surface area contributed by atoms with Crippen molar-refractivity contribution in [3.8, 4) is 0 Å². The number of aryl methyl sites for hydroxylation is 1. The average molecular weight is 288 g/mol. The van der Waals surface area contributed by atoms with Crippen LogP contribution in [-0.2, 0) is 6.54 Å². The maximum Gasteiger partial charge on any atom is 0.154 e.